The maximum absolute atomic E-state index is 13.9. The van der Waals surface area contributed by atoms with Crippen LogP contribution in [0.25, 0.3) is 0 Å². The predicted molar refractivity (Wildman–Crippen MR) is 80.6 cm³/mol. The summed E-state index contributed by atoms with van der Waals surface area (Å²) in [5.41, 5.74) is 2.53. The van der Waals surface area contributed by atoms with E-state index in [9.17, 15) is 9.50 Å². The highest BCUT2D eigenvalue weighted by Crippen LogP contribution is 2.36. The summed E-state index contributed by atoms with van der Waals surface area (Å²) >= 11 is 6.14. The Morgan fingerprint density at radius 3 is 2.86 bits per heavy atom. The molecule has 4 heteroatoms. The van der Waals surface area contributed by atoms with Gasteiger partial charge in [0, 0.05) is 17.4 Å². The summed E-state index contributed by atoms with van der Waals surface area (Å²) < 4.78 is 19.6. The van der Waals surface area contributed by atoms with Crippen molar-refractivity contribution in [2.75, 3.05) is 13.2 Å². The van der Waals surface area contributed by atoms with Crippen LogP contribution in [0.15, 0.2) is 36.4 Å². The van der Waals surface area contributed by atoms with Gasteiger partial charge in [-0.05, 0) is 41.3 Å². The number of hydrogen-bond acceptors (Lipinski definition) is 2. The number of hydrogen-bond donors (Lipinski definition) is 1. The van der Waals surface area contributed by atoms with Crippen molar-refractivity contribution >= 4 is 11.6 Å². The summed E-state index contributed by atoms with van der Waals surface area (Å²) in [7, 11) is 0. The fraction of sp³-hybridized carbons (Fsp3) is 0.294. The van der Waals surface area contributed by atoms with Crippen LogP contribution in [0.2, 0.25) is 5.02 Å². The summed E-state index contributed by atoms with van der Waals surface area (Å²) in [4.78, 5) is 0. The molecule has 0 amide bonds. The number of rotatable bonds is 4. The first-order valence-corrected chi connectivity index (χ1v) is 7.36. The molecule has 1 aliphatic rings. The standard InChI is InChI=1S/C17H16ClFO2/c18-14-8-11-5-6-21-17(11)12(9-14)7-13(10-20)15-3-1-2-4-16(15)19/h1-4,8-9,13,20H,5-7,10H2. The minimum Gasteiger partial charge on any atom is -0.493 e. The maximum Gasteiger partial charge on any atom is 0.126 e. The third kappa shape index (κ3) is 2.89. The molecular formula is C17H16ClFO2. The van der Waals surface area contributed by atoms with Gasteiger partial charge in [0.1, 0.15) is 11.6 Å². The molecule has 1 N–H and O–H groups in total. The zero-order chi connectivity index (χ0) is 14.8. The number of fused-ring (bicyclic) bond motifs is 1. The van der Waals surface area contributed by atoms with E-state index in [1.807, 2.05) is 12.1 Å². The van der Waals surface area contributed by atoms with Crippen LogP contribution in [-0.4, -0.2) is 18.3 Å². The lowest BCUT2D eigenvalue weighted by molar-refractivity contribution is 0.260. The van der Waals surface area contributed by atoms with E-state index >= 15 is 0 Å². The van der Waals surface area contributed by atoms with Crippen LogP contribution in [0.5, 0.6) is 5.75 Å². The Labute approximate surface area is 128 Å². The fourth-order valence-electron chi connectivity index (χ4n) is 2.84. The van der Waals surface area contributed by atoms with Crippen molar-refractivity contribution in [3.05, 3.63) is 63.9 Å². The highest BCUT2D eigenvalue weighted by atomic mass is 35.5. The molecule has 1 aliphatic heterocycles. The van der Waals surface area contributed by atoms with Crippen molar-refractivity contribution in [1.82, 2.24) is 0 Å². The Morgan fingerprint density at radius 1 is 1.29 bits per heavy atom. The molecule has 0 saturated heterocycles. The number of halogens is 2. The van der Waals surface area contributed by atoms with E-state index in [4.69, 9.17) is 16.3 Å². The Balaban J connectivity index is 1.94. The van der Waals surface area contributed by atoms with E-state index in [0.29, 0.717) is 23.6 Å². The molecule has 0 bridgehead atoms. The van der Waals surface area contributed by atoms with Gasteiger partial charge in [0.15, 0.2) is 0 Å². The van der Waals surface area contributed by atoms with Gasteiger partial charge in [0.2, 0.25) is 0 Å². The quantitative estimate of drug-likeness (QED) is 0.932. The molecule has 0 radical (unpaired) electrons. The summed E-state index contributed by atoms with van der Waals surface area (Å²) in [6.07, 6.45) is 1.34. The molecule has 1 unspecified atom stereocenters. The molecule has 2 aromatic rings. The maximum atomic E-state index is 13.9. The van der Waals surface area contributed by atoms with Crippen LogP contribution < -0.4 is 4.74 Å². The Hall–Kier alpha value is -1.58. The molecule has 2 nitrogen and oxygen atoms in total. The van der Waals surface area contributed by atoms with Crippen molar-refractivity contribution in [3.63, 3.8) is 0 Å². The molecule has 1 heterocycles. The normalized spacial score (nSPS) is 14.6. The van der Waals surface area contributed by atoms with E-state index in [2.05, 4.69) is 0 Å². The van der Waals surface area contributed by atoms with E-state index in [0.717, 1.165) is 23.3 Å². The molecule has 0 spiro atoms. The molecule has 3 rings (SSSR count). The van der Waals surface area contributed by atoms with Crippen molar-refractivity contribution in [2.45, 2.75) is 18.8 Å². The molecule has 1 atom stereocenters. The minimum absolute atomic E-state index is 0.123. The van der Waals surface area contributed by atoms with Crippen molar-refractivity contribution < 1.29 is 14.2 Å². The number of aliphatic hydroxyl groups excluding tert-OH is 1. The van der Waals surface area contributed by atoms with E-state index < -0.39 is 0 Å². The van der Waals surface area contributed by atoms with Gasteiger partial charge in [0.05, 0.1) is 13.2 Å². The van der Waals surface area contributed by atoms with Gasteiger partial charge >= 0.3 is 0 Å². The SMILES string of the molecule is OCC(Cc1cc(Cl)cc2c1OCC2)c1ccccc1F. The average Bonchev–Trinajstić information content (AvgIpc) is 2.93. The average molecular weight is 307 g/mol. The monoisotopic (exact) mass is 306 g/mol. The van der Waals surface area contributed by atoms with Crippen LogP contribution in [0.3, 0.4) is 0 Å². The summed E-state index contributed by atoms with van der Waals surface area (Å²) in [6, 6.07) is 10.3. The van der Waals surface area contributed by atoms with Crippen molar-refractivity contribution in [1.29, 1.82) is 0 Å². The predicted octanol–water partition coefficient (Wildman–Crippen LogP) is 3.73. The van der Waals surface area contributed by atoms with Crippen LogP contribution in [-0.2, 0) is 12.8 Å². The van der Waals surface area contributed by atoms with E-state index in [-0.39, 0.29) is 18.3 Å². The fourth-order valence-corrected chi connectivity index (χ4v) is 3.11. The lowest BCUT2D eigenvalue weighted by Crippen LogP contribution is -2.10. The molecule has 2 aromatic carbocycles. The van der Waals surface area contributed by atoms with Gasteiger partial charge in [-0.3, -0.25) is 0 Å². The highest BCUT2D eigenvalue weighted by molar-refractivity contribution is 6.30. The van der Waals surface area contributed by atoms with Crippen LogP contribution in [0.4, 0.5) is 4.39 Å². The van der Waals surface area contributed by atoms with Gasteiger partial charge in [-0.1, -0.05) is 29.8 Å². The molecule has 0 aromatic heterocycles. The topological polar surface area (TPSA) is 29.5 Å². The molecule has 0 saturated carbocycles. The zero-order valence-electron chi connectivity index (χ0n) is 11.5. The van der Waals surface area contributed by atoms with E-state index in [1.165, 1.54) is 6.07 Å². The zero-order valence-corrected chi connectivity index (χ0v) is 12.2. The number of aliphatic hydroxyl groups is 1. The summed E-state index contributed by atoms with van der Waals surface area (Å²) in [5, 5.41) is 10.3. The van der Waals surface area contributed by atoms with Crippen molar-refractivity contribution in [2.24, 2.45) is 0 Å². The molecular weight excluding hydrogens is 291 g/mol. The van der Waals surface area contributed by atoms with Crippen LogP contribution >= 0.6 is 11.6 Å². The Morgan fingerprint density at radius 2 is 2.10 bits per heavy atom. The minimum atomic E-state index is -0.307. The smallest absolute Gasteiger partial charge is 0.126 e. The first-order valence-electron chi connectivity index (χ1n) is 6.98. The lowest BCUT2D eigenvalue weighted by atomic mass is 9.91. The molecule has 110 valence electrons. The second-order valence-corrected chi connectivity index (χ2v) is 5.69. The van der Waals surface area contributed by atoms with Gasteiger partial charge in [-0.2, -0.15) is 0 Å². The first-order chi connectivity index (χ1) is 10.2. The third-order valence-corrected chi connectivity index (χ3v) is 4.08. The second kappa shape index (κ2) is 6.04. The van der Waals surface area contributed by atoms with Gasteiger partial charge in [-0.25, -0.2) is 4.39 Å². The Bertz CT molecular complexity index is 657. The molecule has 21 heavy (non-hydrogen) atoms. The number of benzene rings is 2. The number of ether oxygens (including phenoxy) is 1. The lowest BCUT2D eigenvalue weighted by Gasteiger charge is -2.17. The van der Waals surface area contributed by atoms with Gasteiger partial charge in [0.25, 0.3) is 0 Å². The van der Waals surface area contributed by atoms with Crippen LogP contribution in [0, 0.1) is 5.82 Å². The van der Waals surface area contributed by atoms with Crippen molar-refractivity contribution in [3.8, 4) is 5.75 Å². The molecule has 0 aliphatic carbocycles. The summed E-state index contributed by atoms with van der Waals surface area (Å²) in [5.74, 6) is 0.239. The second-order valence-electron chi connectivity index (χ2n) is 5.26. The largest absolute Gasteiger partial charge is 0.493 e. The van der Waals surface area contributed by atoms with Gasteiger partial charge in [-0.15, -0.1) is 0 Å². The Kier molecular flexibility index (Phi) is 4.13. The third-order valence-electron chi connectivity index (χ3n) is 3.86. The van der Waals surface area contributed by atoms with E-state index in [1.54, 1.807) is 18.2 Å². The van der Waals surface area contributed by atoms with Gasteiger partial charge < -0.3 is 9.84 Å². The molecule has 0 fully saturated rings. The summed E-state index contributed by atoms with van der Waals surface area (Å²) in [6.45, 7) is 0.522. The van der Waals surface area contributed by atoms with Crippen LogP contribution in [0.1, 0.15) is 22.6 Å². The highest BCUT2D eigenvalue weighted by Gasteiger charge is 2.22. The first kappa shape index (κ1) is 14.4.